The van der Waals surface area contributed by atoms with Gasteiger partial charge < -0.3 is 34.6 Å². The number of esters is 1. The van der Waals surface area contributed by atoms with E-state index in [0.717, 1.165) is 18.4 Å². The molecule has 0 aliphatic carbocycles. The van der Waals surface area contributed by atoms with Crippen molar-refractivity contribution in [3.63, 3.8) is 0 Å². The molecular formula is C35H49FO11. The highest BCUT2D eigenvalue weighted by molar-refractivity contribution is 5.87. The van der Waals surface area contributed by atoms with Crippen molar-refractivity contribution in [1.29, 1.82) is 0 Å². The first-order valence-corrected chi connectivity index (χ1v) is 15.8. The van der Waals surface area contributed by atoms with Crippen molar-refractivity contribution in [3.8, 4) is 0 Å². The molecule has 12 heteroatoms. The number of carbonyl (C=O) groups excluding carboxylic acids is 2. The molecule has 3 rings (SSSR count). The van der Waals surface area contributed by atoms with E-state index in [1.165, 1.54) is 13.0 Å². The van der Waals surface area contributed by atoms with Crippen molar-refractivity contribution in [3.05, 3.63) is 60.2 Å². The second-order valence-electron chi connectivity index (χ2n) is 12.8. The minimum Gasteiger partial charge on any atom is -0.479 e. The lowest BCUT2D eigenvalue weighted by Gasteiger charge is -2.49. The molecule has 47 heavy (non-hydrogen) atoms. The first-order valence-electron chi connectivity index (χ1n) is 15.8. The number of halogens is 1. The summed E-state index contributed by atoms with van der Waals surface area (Å²) < 4.78 is 30.5. The smallest absolute Gasteiger partial charge is 0.342 e. The number of carboxylic acid groups (broad SMARTS) is 2. The van der Waals surface area contributed by atoms with Crippen molar-refractivity contribution in [2.75, 3.05) is 6.67 Å². The third-order valence-electron chi connectivity index (χ3n) is 8.91. The zero-order chi connectivity index (χ0) is 35.6. The summed E-state index contributed by atoms with van der Waals surface area (Å²) in [4.78, 5) is 45.7. The molecule has 2 fully saturated rings. The van der Waals surface area contributed by atoms with E-state index in [4.69, 9.17) is 19.3 Å². The molecule has 1 aromatic carbocycles. The van der Waals surface area contributed by atoms with E-state index in [2.05, 4.69) is 20.4 Å². The summed E-state index contributed by atoms with van der Waals surface area (Å²) in [5.41, 5.74) is -3.92. The van der Waals surface area contributed by atoms with Crippen LogP contribution >= 0.6 is 0 Å². The van der Waals surface area contributed by atoms with Crippen LogP contribution in [0, 0.1) is 17.8 Å². The molecule has 2 bridgehead atoms. The van der Waals surface area contributed by atoms with Crippen LogP contribution in [-0.4, -0.2) is 86.6 Å². The predicted molar refractivity (Wildman–Crippen MR) is 170 cm³/mol. The third kappa shape index (κ3) is 9.56. The standard InChI is InChI=1S/C25H31FO9.C10H18O2/c1-15(21(33-17(3)28)16(2)11-18-7-5-4-6-8-18)9-10-24-19(29)12-23(14-27,35-24)25(32,22(30)31)20(13-26)34-24;1-4-8(2)7-9(3)5-6-10(11)12/h4-8,14,16,19-21,29,32H,1,9-13H2,2-3H3,(H,30,31);5-6,8-9H,4,7H2,1-3H3,(H,11,12)/b;6-5+/t16?,19-,20?,21-,23?,24?,25?;8?,9-/m11/s1. The van der Waals surface area contributed by atoms with Gasteiger partial charge in [0, 0.05) is 31.8 Å². The Morgan fingerprint density at radius 2 is 1.81 bits per heavy atom. The number of aldehydes is 1. The number of hydrogen-bond acceptors (Lipinski definition) is 9. The summed E-state index contributed by atoms with van der Waals surface area (Å²) in [6.07, 6.45) is 1.03. The monoisotopic (exact) mass is 664 g/mol. The fourth-order valence-corrected chi connectivity index (χ4v) is 6.17. The molecule has 0 saturated carbocycles. The summed E-state index contributed by atoms with van der Waals surface area (Å²) in [7, 11) is 0. The van der Waals surface area contributed by atoms with E-state index >= 15 is 0 Å². The Morgan fingerprint density at radius 1 is 1.17 bits per heavy atom. The summed E-state index contributed by atoms with van der Waals surface area (Å²) in [6, 6.07) is 9.58. The fourth-order valence-electron chi connectivity index (χ4n) is 6.17. The number of alkyl halides is 1. The van der Waals surface area contributed by atoms with Gasteiger partial charge in [0.25, 0.3) is 0 Å². The third-order valence-corrected chi connectivity index (χ3v) is 8.91. The van der Waals surface area contributed by atoms with E-state index in [-0.39, 0.29) is 25.0 Å². The van der Waals surface area contributed by atoms with Gasteiger partial charge in [0.15, 0.2) is 17.7 Å². The number of carbonyl (C=O) groups is 4. The number of ether oxygens (including phenoxy) is 3. The highest BCUT2D eigenvalue weighted by Gasteiger charge is 2.75. The summed E-state index contributed by atoms with van der Waals surface area (Å²) >= 11 is 0. The molecule has 0 radical (unpaired) electrons. The topological polar surface area (TPSA) is 177 Å². The molecule has 9 atom stereocenters. The predicted octanol–water partition coefficient (Wildman–Crippen LogP) is 4.43. The molecule has 0 amide bonds. The molecule has 0 spiro atoms. The average molecular weight is 665 g/mol. The Bertz CT molecular complexity index is 1270. The summed E-state index contributed by atoms with van der Waals surface area (Å²) in [6.45, 7) is 12.2. The van der Waals surface area contributed by atoms with Crippen LogP contribution in [0.4, 0.5) is 4.39 Å². The van der Waals surface area contributed by atoms with Crippen LogP contribution in [-0.2, 0) is 39.8 Å². The first kappa shape index (κ1) is 39.7. The Kier molecular flexibility index (Phi) is 14.5. The van der Waals surface area contributed by atoms with E-state index in [9.17, 15) is 38.9 Å². The lowest BCUT2D eigenvalue weighted by molar-refractivity contribution is -0.374. The maximum Gasteiger partial charge on any atom is 0.342 e. The van der Waals surface area contributed by atoms with Crippen molar-refractivity contribution < 1.29 is 58.2 Å². The quantitative estimate of drug-likeness (QED) is 0.0851. The lowest BCUT2D eigenvalue weighted by Crippen LogP contribution is -2.72. The van der Waals surface area contributed by atoms with Gasteiger partial charge in [0.05, 0.1) is 0 Å². The van der Waals surface area contributed by atoms with Crippen LogP contribution in [0.2, 0.25) is 0 Å². The molecule has 11 nitrogen and oxygen atoms in total. The molecule has 2 saturated heterocycles. The number of aliphatic carboxylic acids is 2. The highest BCUT2D eigenvalue weighted by Crippen LogP contribution is 2.53. The minimum absolute atomic E-state index is 0.0770. The molecule has 4 N–H and O–H groups in total. The van der Waals surface area contributed by atoms with Gasteiger partial charge in [-0.3, -0.25) is 9.59 Å². The number of aliphatic hydroxyl groups is 2. The second kappa shape index (κ2) is 17.1. The second-order valence-corrected chi connectivity index (χ2v) is 12.8. The van der Waals surface area contributed by atoms with Gasteiger partial charge >= 0.3 is 17.9 Å². The van der Waals surface area contributed by atoms with Gasteiger partial charge in [-0.25, -0.2) is 14.0 Å². The van der Waals surface area contributed by atoms with Crippen molar-refractivity contribution >= 4 is 24.2 Å². The number of hydrogen-bond donors (Lipinski definition) is 4. The number of aliphatic hydroxyl groups excluding tert-OH is 1. The zero-order valence-electron chi connectivity index (χ0n) is 27.8. The minimum atomic E-state index is -3.02. The lowest BCUT2D eigenvalue weighted by atomic mass is 9.77. The van der Waals surface area contributed by atoms with Crippen LogP contribution in [0.1, 0.15) is 72.3 Å². The number of allylic oxidation sites excluding steroid dienone is 1. The Morgan fingerprint density at radius 3 is 2.32 bits per heavy atom. The maximum absolute atomic E-state index is 13.8. The fraction of sp³-hybridized carbons (Fsp3) is 0.600. The molecule has 262 valence electrons. The van der Waals surface area contributed by atoms with E-state index < -0.39 is 66.3 Å². The zero-order valence-corrected chi connectivity index (χ0v) is 27.8. The van der Waals surface area contributed by atoms with Crippen LogP contribution in [0.25, 0.3) is 0 Å². The van der Waals surface area contributed by atoms with Crippen molar-refractivity contribution in [2.24, 2.45) is 17.8 Å². The van der Waals surface area contributed by atoms with Gasteiger partial charge in [-0.2, -0.15) is 0 Å². The summed E-state index contributed by atoms with van der Waals surface area (Å²) in [5.74, 6) is -4.34. The number of fused-ring (bicyclic) bond motifs is 2. The molecule has 1 aromatic rings. The Labute approximate surface area is 275 Å². The van der Waals surface area contributed by atoms with Gasteiger partial charge in [-0.1, -0.05) is 77.1 Å². The van der Waals surface area contributed by atoms with Crippen molar-refractivity contribution in [1.82, 2.24) is 0 Å². The van der Waals surface area contributed by atoms with Crippen LogP contribution in [0.5, 0.6) is 0 Å². The Hall–Kier alpha value is -3.45. The largest absolute Gasteiger partial charge is 0.479 e. The molecule has 2 heterocycles. The normalized spacial score (nSPS) is 29.1. The Balaban J connectivity index is 0.000000544. The number of rotatable bonds is 16. The number of carboxylic acids is 2. The van der Waals surface area contributed by atoms with Gasteiger partial charge in [0.1, 0.15) is 25.0 Å². The molecule has 2 aliphatic rings. The molecule has 0 aromatic heterocycles. The average Bonchev–Trinajstić information content (AvgIpc) is 3.28. The summed E-state index contributed by atoms with van der Waals surface area (Å²) in [5, 5.41) is 39.4. The molecular weight excluding hydrogens is 615 g/mol. The first-order chi connectivity index (χ1) is 22.0. The molecule has 2 aliphatic heterocycles. The number of benzene rings is 1. The van der Waals surface area contributed by atoms with Gasteiger partial charge in [-0.15, -0.1) is 0 Å². The van der Waals surface area contributed by atoms with Crippen molar-refractivity contribution in [2.45, 2.75) is 108 Å². The van der Waals surface area contributed by atoms with E-state index in [1.807, 2.05) is 44.2 Å². The highest BCUT2D eigenvalue weighted by atomic mass is 19.1. The van der Waals surface area contributed by atoms with E-state index in [1.54, 1.807) is 6.08 Å². The SMILES string of the molecule is C=C(CCC12OC(CF)C(O)(C(=O)O)C(C=O)(C[C@H]1O)O2)[C@@H](OC(C)=O)C(C)Cc1ccccc1.CCC(C)C[C@H](C)/C=C/C(=O)O. The van der Waals surface area contributed by atoms with Gasteiger partial charge in [-0.05, 0) is 42.2 Å². The van der Waals surface area contributed by atoms with Crippen LogP contribution in [0.15, 0.2) is 54.6 Å². The van der Waals surface area contributed by atoms with E-state index in [0.29, 0.717) is 23.8 Å². The maximum atomic E-state index is 13.8. The van der Waals surface area contributed by atoms with Crippen LogP contribution in [0.3, 0.4) is 0 Å². The molecule has 6 unspecified atom stereocenters. The van der Waals surface area contributed by atoms with Crippen LogP contribution < -0.4 is 0 Å². The van der Waals surface area contributed by atoms with Gasteiger partial charge in [0.2, 0.25) is 5.60 Å².